The lowest BCUT2D eigenvalue weighted by atomic mass is 9.84. The number of nitrogens with one attached hydrogen (secondary N) is 1. The molecule has 1 aliphatic rings. The summed E-state index contributed by atoms with van der Waals surface area (Å²) in [7, 11) is 0. The van der Waals surface area contributed by atoms with E-state index in [1.807, 2.05) is 0 Å². The Kier molecular flexibility index (Phi) is 3.38. The van der Waals surface area contributed by atoms with Gasteiger partial charge in [0.15, 0.2) is 0 Å². The lowest BCUT2D eigenvalue weighted by molar-refractivity contribution is 0.0906. The molecule has 0 radical (unpaired) electrons. The van der Waals surface area contributed by atoms with Crippen molar-refractivity contribution in [2.45, 2.75) is 31.1 Å². The van der Waals surface area contributed by atoms with E-state index in [2.05, 4.69) is 28.0 Å². The number of hydrogen-bond donors (Lipinski definition) is 1. The largest absolute Gasteiger partial charge is 0.351 e. The standard InChI is InChI=1S/C14H16N2O2S/c17-13(11-5-8-16-18-11)15-10-14(6-1-2-7-14)12-4-3-9-19-12/h3-5,8-9H,1-2,6-7,10H2,(H,15,17). The second kappa shape index (κ2) is 5.17. The molecule has 0 spiro atoms. The van der Waals surface area contributed by atoms with Crippen LogP contribution in [0.5, 0.6) is 0 Å². The number of aromatic nitrogens is 1. The highest BCUT2D eigenvalue weighted by Gasteiger charge is 2.36. The van der Waals surface area contributed by atoms with Crippen LogP contribution in [-0.4, -0.2) is 17.6 Å². The second-order valence-electron chi connectivity index (χ2n) is 5.02. The summed E-state index contributed by atoms with van der Waals surface area (Å²) in [5.41, 5.74) is 0.115. The Morgan fingerprint density at radius 3 is 2.89 bits per heavy atom. The third-order valence-electron chi connectivity index (χ3n) is 3.85. The van der Waals surface area contributed by atoms with Crippen molar-refractivity contribution >= 4 is 17.2 Å². The zero-order valence-electron chi connectivity index (χ0n) is 10.6. The Hall–Kier alpha value is -1.62. The van der Waals surface area contributed by atoms with E-state index in [0.717, 1.165) is 12.8 Å². The fourth-order valence-corrected chi connectivity index (χ4v) is 3.80. The number of carbonyl (C=O) groups is 1. The first-order valence-corrected chi connectivity index (χ1v) is 7.41. The first kappa shape index (κ1) is 12.4. The maximum atomic E-state index is 11.9. The van der Waals surface area contributed by atoms with Gasteiger partial charge in [0.25, 0.3) is 5.91 Å². The van der Waals surface area contributed by atoms with Crippen LogP contribution in [0.4, 0.5) is 0 Å². The predicted octanol–water partition coefficient (Wildman–Crippen LogP) is 2.98. The van der Waals surface area contributed by atoms with Crippen LogP contribution in [0.3, 0.4) is 0 Å². The molecule has 2 aromatic heterocycles. The number of hydrogen-bond acceptors (Lipinski definition) is 4. The van der Waals surface area contributed by atoms with Crippen molar-refractivity contribution in [3.8, 4) is 0 Å². The molecule has 2 aromatic rings. The van der Waals surface area contributed by atoms with Crippen molar-refractivity contribution in [1.29, 1.82) is 0 Å². The van der Waals surface area contributed by atoms with Gasteiger partial charge in [0, 0.05) is 22.9 Å². The van der Waals surface area contributed by atoms with Crippen molar-refractivity contribution in [2.24, 2.45) is 0 Å². The van der Waals surface area contributed by atoms with Gasteiger partial charge in [0.05, 0.1) is 6.20 Å². The van der Waals surface area contributed by atoms with E-state index in [0.29, 0.717) is 6.54 Å². The molecule has 0 bridgehead atoms. The minimum atomic E-state index is -0.180. The van der Waals surface area contributed by atoms with Crippen molar-refractivity contribution < 1.29 is 9.32 Å². The van der Waals surface area contributed by atoms with E-state index in [1.165, 1.54) is 23.9 Å². The minimum Gasteiger partial charge on any atom is -0.351 e. The van der Waals surface area contributed by atoms with Gasteiger partial charge in [0.1, 0.15) is 0 Å². The smallest absolute Gasteiger partial charge is 0.289 e. The molecule has 0 atom stereocenters. The van der Waals surface area contributed by atoms with Crippen molar-refractivity contribution in [3.05, 3.63) is 40.4 Å². The molecule has 2 heterocycles. The molecule has 1 N–H and O–H groups in total. The molecule has 0 saturated heterocycles. The molecule has 0 unspecified atom stereocenters. The number of rotatable bonds is 4. The van der Waals surface area contributed by atoms with E-state index in [-0.39, 0.29) is 17.1 Å². The second-order valence-corrected chi connectivity index (χ2v) is 5.97. The van der Waals surface area contributed by atoms with Gasteiger partial charge < -0.3 is 9.84 Å². The van der Waals surface area contributed by atoms with Gasteiger partial charge >= 0.3 is 0 Å². The molecule has 1 aliphatic carbocycles. The van der Waals surface area contributed by atoms with Gasteiger partial charge in [-0.15, -0.1) is 11.3 Å². The Morgan fingerprint density at radius 2 is 2.26 bits per heavy atom. The third kappa shape index (κ3) is 2.42. The van der Waals surface area contributed by atoms with E-state index >= 15 is 0 Å². The van der Waals surface area contributed by atoms with Crippen LogP contribution in [0, 0.1) is 0 Å². The fourth-order valence-electron chi connectivity index (χ4n) is 2.81. The Balaban J connectivity index is 1.71. The molecular weight excluding hydrogens is 260 g/mol. The lowest BCUT2D eigenvalue weighted by Crippen LogP contribution is -2.38. The Morgan fingerprint density at radius 1 is 1.42 bits per heavy atom. The molecule has 5 heteroatoms. The first-order valence-electron chi connectivity index (χ1n) is 6.53. The van der Waals surface area contributed by atoms with Crippen LogP contribution in [0.1, 0.15) is 41.1 Å². The molecule has 0 aliphatic heterocycles. The molecule has 1 saturated carbocycles. The van der Waals surface area contributed by atoms with Gasteiger partial charge in [-0.05, 0) is 24.3 Å². The Labute approximate surface area is 115 Å². The first-order chi connectivity index (χ1) is 9.30. The van der Waals surface area contributed by atoms with Crippen LogP contribution < -0.4 is 5.32 Å². The minimum absolute atomic E-state index is 0.115. The SMILES string of the molecule is O=C(NCC1(c2cccs2)CCCC1)c1ccno1. The monoisotopic (exact) mass is 276 g/mol. The Bertz CT molecular complexity index is 528. The highest BCUT2D eigenvalue weighted by molar-refractivity contribution is 7.10. The van der Waals surface area contributed by atoms with E-state index in [1.54, 1.807) is 17.4 Å². The van der Waals surface area contributed by atoms with Crippen LogP contribution in [-0.2, 0) is 5.41 Å². The molecule has 3 rings (SSSR count). The summed E-state index contributed by atoms with van der Waals surface area (Å²) >= 11 is 1.78. The molecule has 0 aromatic carbocycles. The summed E-state index contributed by atoms with van der Waals surface area (Å²) < 4.78 is 4.87. The molecule has 4 nitrogen and oxygen atoms in total. The van der Waals surface area contributed by atoms with E-state index in [4.69, 9.17) is 4.52 Å². The summed E-state index contributed by atoms with van der Waals surface area (Å²) in [6.45, 7) is 0.674. The van der Waals surface area contributed by atoms with Crippen LogP contribution >= 0.6 is 11.3 Å². The van der Waals surface area contributed by atoms with Crippen LogP contribution in [0.2, 0.25) is 0 Å². The fraction of sp³-hybridized carbons (Fsp3) is 0.429. The normalized spacial score (nSPS) is 17.5. The topological polar surface area (TPSA) is 55.1 Å². The molecule has 100 valence electrons. The van der Waals surface area contributed by atoms with E-state index < -0.39 is 0 Å². The van der Waals surface area contributed by atoms with Gasteiger partial charge in [-0.1, -0.05) is 24.1 Å². The maximum absolute atomic E-state index is 11.9. The number of amides is 1. The van der Waals surface area contributed by atoms with Crippen molar-refractivity contribution in [2.75, 3.05) is 6.54 Å². The van der Waals surface area contributed by atoms with Gasteiger partial charge in [-0.2, -0.15) is 0 Å². The molecule has 1 amide bonds. The average molecular weight is 276 g/mol. The average Bonchev–Trinajstić information content (AvgIpc) is 3.16. The summed E-state index contributed by atoms with van der Waals surface area (Å²) in [5.74, 6) is 0.0969. The zero-order chi connectivity index (χ0) is 13.1. The number of nitrogens with zero attached hydrogens (tertiary/aromatic N) is 1. The van der Waals surface area contributed by atoms with Crippen LogP contribution in [0.25, 0.3) is 0 Å². The molecule has 19 heavy (non-hydrogen) atoms. The summed E-state index contributed by atoms with van der Waals surface area (Å²) in [4.78, 5) is 13.3. The van der Waals surface area contributed by atoms with Crippen molar-refractivity contribution in [1.82, 2.24) is 10.5 Å². The van der Waals surface area contributed by atoms with Gasteiger partial charge in [0.2, 0.25) is 5.76 Å². The molecule has 1 fully saturated rings. The summed E-state index contributed by atoms with van der Waals surface area (Å²) in [5, 5.41) is 8.65. The number of carbonyl (C=O) groups excluding carboxylic acids is 1. The highest BCUT2D eigenvalue weighted by Crippen LogP contribution is 2.42. The van der Waals surface area contributed by atoms with Crippen molar-refractivity contribution in [3.63, 3.8) is 0 Å². The zero-order valence-corrected chi connectivity index (χ0v) is 11.4. The predicted molar refractivity (Wildman–Crippen MR) is 73.3 cm³/mol. The quantitative estimate of drug-likeness (QED) is 0.934. The molecular formula is C14H16N2O2S. The van der Waals surface area contributed by atoms with Gasteiger partial charge in [-0.3, -0.25) is 4.79 Å². The van der Waals surface area contributed by atoms with E-state index in [9.17, 15) is 4.79 Å². The maximum Gasteiger partial charge on any atom is 0.289 e. The summed E-state index contributed by atoms with van der Waals surface area (Å²) in [6.07, 6.45) is 6.24. The van der Waals surface area contributed by atoms with Crippen LogP contribution in [0.15, 0.2) is 34.3 Å². The lowest BCUT2D eigenvalue weighted by Gasteiger charge is -2.27. The highest BCUT2D eigenvalue weighted by atomic mass is 32.1. The van der Waals surface area contributed by atoms with Gasteiger partial charge in [-0.25, -0.2) is 0 Å². The summed E-state index contributed by atoms with van der Waals surface area (Å²) in [6, 6.07) is 5.84. The third-order valence-corrected chi connectivity index (χ3v) is 4.97. The number of thiophene rings is 1.